The monoisotopic (exact) mass is 405 g/mol. The van der Waals surface area contributed by atoms with E-state index in [2.05, 4.69) is 12.2 Å². The summed E-state index contributed by atoms with van der Waals surface area (Å²) >= 11 is 0. The van der Waals surface area contributed by atoms with Gasteiger partial charge in [-0.2, -0.15) is 0 Å². The van der Waals surface area contributed by atoms with Crippen molar-refractivity contribution < 1.29 is 19.1 Å². The second kappa shape index (κ2) is 17.0. The van der Waals surface area contributed by atoms with Gasteiger partial charge in [-0.3, -0.25) is 4.79 Å². The number of amides is 1. The number of unbranched alkanes of at least 4 members (excludes halogenated alkanes) is 7. The number of rotatable bonds is 17. The standard InChI is InChI=1S/C24H39NO4/c1-3-5-6-7-8-9-10-14-18-28-19-17-23(26)25-22(24(27)29-4-2)20-21-15-12-11-13-16-21/h11-13,15-16,22H,3-10,14,17-20H2,1-2H3,(H,25,26)/t22-/m1/s1. The van der Waals surface area contributed by atoms with Gasteiger partial charge in [-0.1, -0.05) is 82.2 Å². The van der Waals surface area contributed by atoms with E-state index in [-0.39, 0.29) is 12.3 Å². The maximum atomic E-state index is 12.2. The van der Waals surface area contributed by atoms with Crippen LogP contribution >= 0.6 is 0 Å². The maximum absolute atomic E-state index is 12.2. The second-order valence-electron chi connectivity index (χ2n) is 7.40. The number of esters is 1. The van der Waals surface area contributed by atoms with Gasteiger partial charge in [0.2, 0.25) is 5.91 Å². The van der Waals surface area contributed by atoms with E-state index in [1.54, 1.807) is 6.92 Å². The van der Waals surface area contributed by atoms with E-state index in [1.165, 1.54) is 44.9 Å². The summed E-state index contributed by atoms with van der Waals surface area (Å²) in [6.45, 7) is 5.36. The van der Waals surface area contributed by atoms with Gasteiger partial charge in [0.1, 0.15) is 6.04 Å². The van der Waals surface area contributed by atoms with Gasteiger partial charge in [0.25, 0.3) is 0 Å². The third kappa shape index (κ3) is 13.1. The summed E-state index contributed by atoms with van der Waals surface area (Å²) in [5, 5.41) is 2.79. The Morgan fingerprint density at radius 2 is 1.55 bits per heavy atom. The summed E-state index contributed by atoms with van der Waals surface area (Å²) in [5.74, 6) is -0.584. The van der Waals surface area contributed by atoms with Crippen LogP contribution in [0.15, 0.2) is 30.3 Å². The lowest BCUT2D eigenvalue weighted by Gasteiger charge is -2.17. The number of benzene rings is 1. The maximum Gasteiger partial charge on any atom is 0.328 e. The van der Waals surface area contributed by atoms with E-state index in [9.17, 15) is 9.59 Å². The molecule has 5 heteroatoms. The summed E-state index contributed by atoms with van der Waals surface area (Å²) in [5.41, 5.74) is 0.983. The van der Waals surface area contributed by atoms with Gasteiger partial charge in [0, 0.05) is 19.4 Å². The topological polar surface area (TPSA) is 64.6 Å². The van der Waals surface area contributed by atoms with Crippen molar-refractivity contribution in [3.8, 4) is 0 Å². The molecule has 5 nitrogen and oxygen atoms in total. The molecule has 0 aliphatic carbocycles. The molecular weight excluding hydrogens is 366 g/mol. The minimum atomic E-state index is -0.669. The third-order valence-corrected chi connectivity index (χ3v) is 4.80. The molecule has 1 aromatic rings. The zero-order valence-corrected chi connectivity index (χ0v) is 18.3. The lowest BCUT2D eigenvalue weighted by molar-refractivity contribution is -0.147. The van der Waals surface area contributed by atoms with Crippen molar-refractivity contribution in [3.05, 3.63) is 35.9 Å². The molecule has 0 radical (unpaired) electrons. The molecule has 0 aliphatic heterocycles. The highest BCUT2D eigenvalue weighted by atomic mass is 16.5. The van der Waals surface area contributed by atoms with Crippen molar-refractivity contribution in [1.29, 1.82) is 0 Å². The molecule has 1 atom stereocenters. The molecule has 0 aliphatic rings. The van der Waals surface area contributed by atoms with E-state index >= 15 is 0 Å². The van der Waals surface area contributed by atoms with Gasteiger partial charge in [-0.05, 0) is 18.9 Å². The van der Waals surface area contributed by atoms with Crippen molar-refractivity contribution in [2.75, 3.05) is 19.8 Å². The molecule has 0 aromatic heterocycles. The lowest BCUT2D eigenvalue weighted by atomic mass is 10.1. The molecule has 0 spiro atoms. The Balaban J connectivity index is 2.18. The van der Waals surface area contributed by atoms with Gasteiger partial charge >= 0.3 is 5.97 Å². The summed E-state index contributed by atoms with van der Waals surface area (Å²) < 4.78 is 10.7. The molecule has 1 N–H and O–H groups in total. The number of hydrogen-bond acceptors (Lipinski definition) is 4. The van der Waals surface area contributed by atoms with Crippen molar-refractivity contribution in [3.63, 3.8) is 0 Å². The van der Waals surface area contributed by atoms with E-state index in [0.717, 1.165) is 12.0 Å². The molecule has 0 saturated carbocycles. The fraction of sp³-hybridized carbons (Fsp3) is 0.667. The van der Waals surface area contributed by atoms with E-state index in [4.69, 9.17) is 9.47 Å². The predicted octanol–water partition coefficient (Wildman–Crippen LogP) is 4.82. The Bertz CT molecular complexity index is 547. The smallest absolute Gasteiger partial charge is 0.328 e. The molecule has 0 fully saturated rings. The van der Waals surface area contributed by atoms with Crippen LogP contribution in [0.2, 0.25) is 0 Å². The Labute approximate surface area is 176 Å². The normalized spacial score (nSPS) is 11.8. The number of carbonyl (C=O) groups is 2. The summed E-state index contributed by atoms with van der Waals surface area (Å²) in [6.07, 6.45) is 10.8. The highest BCUT2D eigenvalue weighted by Gasteiger charge is 2.22. The van der Waals surface area contributed by atoms with Crippen molar-refractivity contribution in [2.24, 2.45) is 0 Å². The van der Waals surface area contributed by atoms with Crippen LogP contribution in [0.3, 0.4) is 0 Å². The molecule has 0 bridgehead atoms. The van der Waals surface area contributed by atoms with Gasteiger partial charge in [0.05, 0.1) is 13.2 Å². The molecule has 29 heavy (non-hydrogen) atoms. The first-order valence-corrected chi connectivity index (χ1v) is 11.2. The summed E-state index contributed by atoms with van der Waals surface area (Å²) in [6, 6.07) is 8.95. The Kier molecular flexibility index (Phi) is 14.8. The van der Waals surface area contributed by atoms with Gasteiger partial charge < -0.3 is 14.8 Å². The van der Waals surface area contributed by atoms with Crippen LogP contribution in [0.25, 0.3) is 0 Å². The van der Waals surface area contributed by atoms with E-state index in [1.807, 2.05) is 30.3 Å². The quantitative estimate of drug-likeness (QED) is 0.298. The number of carbonyl (C=O) groups excluding carboxylic acids is 2. The van der Waals surface area contributed by atoms with Gasteiger partial charge in [-0.25, -0.2) is 4.79 Å². The largest absolute Gasteiger partial charge is 0.464 e. The molecule has 1 rings (SSSR count). The zero-order valence-electron chi connectivity index (χ0n) is 18.3. The van der Waals surface area contributed by atoms with E-state index in [0.29, 0.717) is 26.2 Å². The molecule has 0 unspecified atom stereocenters. The number of ether oxygens (including phenoxy) is 2. The van der Waals surface area contributed by atoms with Crippen LogP contribution in [0.1, 0.15) is 77.2 Å². The third-order valence-electron chi connectivity index (χ3n) is 4.80. The predicted molar refractivity (Wildman–Crippen MR) is 117 cm³/mol. The highest BCUT2D eigenvalue weighted by molar-refractivity contribution is 5.84. The lowest BCUT2D eigenvalue weighted by Crippen LogP contribution is -2.43. The van der Waals surface area contributed by atoms with Crippen LogP contribution in [-0.2, 0) is 25.5 Å². The molecule has 0 saturated heterocycles. The first-order valence-electron chi connectivity index (χ1n) is 11.2. The fourth-order valence-corrected chi connectivity index (χ4v) is 3.16. The van der Waals surface area contributed by atoms with Crippen molar-refractivity contribution in [2.45, 2.75) is 84.1 Å². The molecule has 0 heterocycles. The second-order valence-corrected chi connectivity index (χ2v) is 7.40. The summed E-state index contributed by atoms with van der Waals surface area (Å²) in [7, 11) is 0. The van der Waals surface area contributed by atoms with Crippen LogP contribution < -0.4 is 5.32 Å². The summed E-state index contributed by atoms with van der Waals surface area (Å²) in [4.78, 5) is 24.4. The van der Waals surface area contributed by atoms with Crippen LogP contribution in [0.5, 0.6) is 0 Å². The first kappa shape index (κ1) is 25.2. The van der Waals surface area contributed by atoms with E-state index < -0.39 is 12.0 Å². The Morgan fingerprint density at radius 3 is 2.21 bits per heavy atom. The van der Waals surface area contributed by atoms with Crippen molar-refractivity contribution in [1.82, 2.24) is 5.32 Å². The molecule has 1 amide bonds. The minimum absolute atomic E-state index is 0.185. The highest BCUT2D eigenvalue weighted by Crippen LogP contribution is 2.08. The molecule has 164 valence electrons. The molecule has 1 aromatic carbocycles. The SMILES string of the molecule is CCCCCCCCCCOCCC(=O)N[C@H](Cc1ccccc1)C(=O)OCC. The van der Waals surface area contributed by atoms with Crippen LogP contribution in [0.4, 0.5) is 0 Å². The average molecular weight is 406 g/mol. The Hall–Kier alpha value is -1.88. The zero-order chi connectivity index (χ0) is 21.2. The first-order chi connectivity index (χ1) is 14.2. The Morgan fingerprint density at radius 1 is 0.897 bits per heavy atom. The van der Waals surface area contributed by atoms with Crippen molar-refractivity contribution >= 4 is 11.9 Å². The molecular formula is C24H39NO4. The van der Waals surface area contributed by atoms with Gasteiger partial charge in [-0.15, -0.1) is 0 Å². The number of hydrogen-bond donors (Lipinski definition) is 1. The minimum Gasteiger partial charge on any atom is -0.464 e. The van der Waals surface area contributed by atoms with Crippen LogP contribution in [-0.4, -0.2) is 37.7 Å². The fourth-order valence-electron chi connectivity index (χ4n) is 3.16. The number of nitrogens with one attached hydrogen (secondary N) is 1. The van der Waals surface area contributed by atoms with Gasteiger partial charge in [0.15, 0.2) is 0 Å². The average Bonchev–Trinajstić information content (AvgIpc) is 2.72. The van der Waals surface area contributed by atoms with Crippen LogP contribution in [0, 0.1) is 0 Å².